The predicted molar refractivity (Wildman–Crippen MR) is 113 cm³/mol. The molecule has 1 fully saturated rings. The predicted octanol–water partition coefficient (Wildman–Crippen LogP) is 3.59. The average Bonchev–Trinajstić information content (AvgIpc) is 3.09. The van der Waals surface area contributed by atoms with E-state index in [1.807, 2.05) is 6.07 Å². The molecule has 0 radical (unpaired) electrons. The number of aliphatic hydroxyl groups excluding tert-OH is 1. The van der Waals surface area contributed by atoms with E-state index < -0.39 is 17.7 Å². The van der Waals surface area contributed by atoms with Crippen LogP contribution in [0.15, 0.2) is 78.6 Å². The molecule has 1 amide bonds. The number of aliphatic hydroxyl groups is 1. The molecule has 152 valence electrons. The fraction of sp³-hybridized carbons (Fsp3) is 0.0833. The second-order valence-corrected chi connectivity index (χ2v) is 6.84. The van der Waals surface area contributed by atoms with Crippen LogP contribution in [-0.4, -0.2) is 28.9 Å². The molecule has 1 aliphatic rings. The van der Waals surface area contributed by atoms with E-state index >= 15 is 0 Å². The van der Waals surface area contributed by atoms with Crippen molar-refractivity contribution >= 4 is 23.1 Å². The van der Waals surface area contributed by atoms with Crippen LogP contribution in [-0.2, 0) is 9.59 Å². The van der Waals surface area contributed by atoms with Crippen molar-refractivity contribution in [1.82, 2.24) is 4.98 Å². The number of amides is 1. The van der Waals surface area contributed by atoms with Crippen LogP contribution >= 0.6 is 0 Å². The summed E-state index contributed by atoms with van der Waals surface area (Å²) in [6.07, 6.45) is 3.13. The maximum atomic E-state index is 13.0. The van der Waals surface area contributed by atoms with E-state index in [0.717, 1.165) is 0 Å². The highest BCUT2D eigenvalue weighted by atomic mass is 16.5. The van der Waals surface area contributed by atoms with Gasteiger partial charge in [-0.3, -0.25) is 19.5 Å². The number of methoxy groups -OCH3 is 1. The van der Waals surface area contributed by atoms with E-state index in [1.165, 1.54) is 12.0 Å². The molecular formula is C24H17N3O4. The number of hydrogen-bond donors (Lipinski definition) is 1. The van der Waals surface area contributed by atoms with E-state index in [0.29, 0.717) is 28.1 Å². The maximum Gasteiger partial charge on any atom is 0.300 e. The Morgan fingerprint density at radius 3 is 2.39 bits per heavy atom. The van der Waals surface area contributed by atoms with Crippen LogP contribution in [0.5, 0.6) is 5.75 Å². The molecule has 2 heterocycles. The maximum absolute atomic E-state index is 13.0. The number of carbonyl (C=O) groups excluding carboxylic acids is 2. The van der Waals surface area contributed by atoms with E-state index in [4.69, 9.17) is 10.00 Å². The summed E-state index contributed by atoms with van der Waals surface area (Å²) in [5, 5.41) is 20.1. The number of pyridine rings is 1. The Balaban J connectivity index is 1.90. The third-order valence-corrected chi connectivity index (χ3v) is 5.08. The Hall–Kier alpha value is -4.44. The molecule has 0 spiro atoms. The van der Waals surface area contributed by atoms with Gasteiger partial charge < -0.3 is 9.84 Å². The van der Waals surface area contributed by atoms with Crippen molar-refractivity contribution in [2.24, 2.45) is 0 Å². The van der Waals surface area contributed by atoms with Crippen molar-refractivity contribution in [2.45, 2.75) is 6.04 Å². The number of aromatic nitrogens is 1. The second-order valence-electron chi connectivity index (χ2n) is 6.84. The molecule has 2 aromatic carbocycles. The third kappa shape index (κ3) is 3.51. The first-order valence-electron chi connectivity index (χ1n) is 9.40. The molecular weight excluding hydrogens is 394 g/mol. The highest BCUT2D eigenvalue weighted by Gasteiger charge is 2.47. The zero-order valence-electron chi connectivity index (χ0n) is 16.5. The van der Waals surface area contributed by atoms with Gasteiger partial charge in [-0.05, 0) is 60.2 Å². The molecule has 7 nitrogen and oxygen atoms in total. The summed E-state index contributed by atoms with van der Waals surface area (Å²) < 4.78 is 5.14. The lowest BCUT2D eigenvalue weighted by atomic mass is 9.96. The molecule has 0 aliphatic carbocycles. The lowest BCUT2D eigenvalue weighted by Gasteiger charge is -2.25. The molecule has 31 heavy (non-hydrogen) atoms. The van der Waals surface area contributed by atoms with Crippen LogP contribution < -0.4 is 9.64 Å². The van der Waals surface area contributed by atoms with Gasteiger partial charge >= 0.3 is 0 Å². The average molecular weight is 411 g/mol. The molecule has 0 saturated carbocycles. The van der Waals surface area contributed by atoms with Crippen LogP contribution in [0.4, 0.5) is 5.69 Å². The summed E-state index contributed by atoms with van der Waals surface area (Å²) in [5.74, 6) is -1.26. The number of rotatable bonds is 4. The fourth-order valence-corrected chi connectivity index (χ4v) is 3.55. The molecule has 1 aliphatic heterocycles. The lowest BCUT2D eigenvalue weighted by Crippen LogP contribution is -2.29. The van der Waals surface area contributed by atoms with Gasteiger partial charge in [-0.2, -0.15) is 5.26 Å². The number of ether oxygens (including phenoxy) is 1. The molecule has 1 N–H and O–H groups in total. The highest BCUT2D eigenvalue weighted by molar-refractivity contribution is 6.51. The minimum Gasteiger partial charge on any atom is -0.507 e. The summed E-state index contributed by atoms with van der Waals surface area (Å²) in [4.78, 5) is 31.5. The van der Waals surface area contributed by atoms with Gasteiger partial charge in [0.1, 0.15) is 11.5 Å². The van der Waals surface area contributed by atoms with Crippen molar-refractivity contribution in [3.63, 3.8) is 0 Å². The van der Waals surface area contributed by atoms with Crippen molar-refractivity contribution in [1.29, 1.82) is 5.26 Å². The first kappa shape index (κ1) is 19.9. The molecule has 1 saturated heterocycles. The number of anilines is 1. The fourth-order valence-electron chi connectivity index (χ4n) is 3.55. The number of nitriles is 1. The summed E-state index contributed by atoms with van der Waals surface area (Å²) in [5.41, 5.74) is 1.78. The molecule has 0 bridgehead atoms. The Kier molecular flexibility index (Phi) is 5.21. The van der Waals surface area contributed by atoms with Crippen LogP contribution in [0.3, 0.4) is 0 Å². The number of hydrogen-bond acceptors (Lipinski definition) is 6. The molecule has 3 aromatic rings. The van der Waals surface area contributed by atoms with Crippen LogP contribution in [0.1, 0.15) is 22.7 Å². The highest BCUT2D eigenvalue weighted by Crippen LogP contribution is 2.42. The monoisotopic (exact) mass is 411 g/mol. The van der Waals surface area contributed by atoms with Crippen molar-refractivity contribution in [3.8, 4) is 11.8 Å². The normalized spacial score (nSPS) is 17.4. The smallest absolute Gasteiger partial charge is 0.300 e. The van der Waals surface area contributed by atoms with E-state index in [2.05, 4.69) is 4.98 Å². The minimum absolute atomic E-state index is 0.0347. The van der Waals surface area contributed by atoms with Gasteiger partial charge in [0.15, 0.2) is 0 Å². The first-order chi connectivity index (χ1) is 15.0. The molecule has 1 unspecified atom stereocenters. The minimum atomic E-state index is -0.872. The van der Waals surface area contributed by atoms with Crippen molar-refractivity contribution in [2.75, 3.05) is 12.0 Å². The quantitative estimate of drug-likeness (QED) is 0.400. The van der Waals surface area contributed by atoms with Crippen LogP contribution in [0, 0.1) is 11.3 Å². The molecule has 1 atom stereocenters. The van der Waals surface area contributed by atoms with E-state index in [9.17, 15) is 14.7 Å². The topological polar surface area (TPSA) is 104 Å². The van der Waals surface area contributed by atoms with Gasteiger partial charge in [0.2, 0.25) is 0 Å². The van der Waals surface area contributed by atoms with Crippen molar-refractivity contribution < 1.29 is 19.4 Å². The van der Waals surface area contributed by atoms with Crippen molar-refractivity contribution in [3.05, 3.63) is 95.3 Å². The largest absolute Gasteiger partial charge is 0.507 e. The van der Waals surface area contributed by atoms with Crippen LogP contribution in [0.25, 0.3) is 5.76 Å². The SMILES string of the molecule is COc1ccc(/C(O)=C2/C(=O)C(=O)N(c3ccc(C#N)cc3)C2c2cccnc2)cc1. The zero-order valence-corrected chi connectivity index (χ0v) is 16.5. The number of ketones is 1. The Morgan fingerprint density at radius 2 is 1.81 bits per heavy atom. The van der Waals surface area contributed by atoms with Crippen LogP contribution in [0.2, 0.25) is 0 Å². The summed E-state index contributed by atoms with van der Waals surface area (Å²) in [6, 6.07) is 17.5. The van der Waals surface area contributed by atoms with Gasteiger partial charge in [0.25, 0.3) is 11.7 Å². The number of benzene rings is 2. The standard InChI is InChI=1S/C24H17N3O4/c1-31-19-10-6-16(7-11-19)22(28)20-21(17-3-2-12-26-14-17)27(24(30)23(20)29)18-8-4-15(13-25)5-9-18/h2-12,14,21,28H,1H3/b22-20-. The number of Topliss-reactive ketones (excluding diaryl/α,β-unsaturated/α-hetero) is 1. The van der Waals surface area contributed by atoms with Gasteiger partial charge in [-0.1, -0.05) is 6.07 Å². The second kappa shape index (κ2) is 8.13. The van der Waals surface area contributed by atoms with Gasteiger partial charge in [0, 0.05) is 23.6 Å². The number of carbonyl (C=O) groups is 2. The third-order valence-electron chi connectivity index (χ3n) is 5.08. The Labute approximate surface area is 178 Å². The molecule has 1 aromatic heterocycles. The summed E-state index contributed by atoms with van der Waals surface area (Å²) >= 11 is 0. The molecule has 4 rings (SSSR count). The Morgan fingerprint density at radius 1 is 1.10 bits per heavy atom. The van der Waals surface area contributed by atoms with E-state index in [-0.39, 0.29) is 11.3 Å². The molecule has 7 heteroatoms. The van der Waals surface area contributed by atoms with Gasteiger partial charge in [-0.25, -0.2) is 0 Å². The van der Waals surface area contributed by atoms with E-state index in [1.54, 1.807) is 73.1 Å². The zero-order chi connectivity index (χ0) is 22.0. The van der Waals surface area contributed by atoms with Gasteiger partial charge in [0.05, 0.1) is 30.4 Å². The number of nitrogens with zero attached hydrogens (tertiary/aromatic N) is 3. The Bertz CT molecular complexity index is 1210. The summed E-state index contributed by atoms with van der Waals surface area (Å²) in [7, 11) is 1.53. The lowest BCUT2D eigenvalue weighted by molar-refractivity contribution is -0.132. The van der Waals surface area contributed by atoms with Gasteiger partial charge in [-0.15, -0.1) is 0 Å². The first-order valence-corrected chi connectivity index (χ1v) is 9.40. The summed E-state index contributed by atoms with van der Waals surface area (Å²) in [6.45, 7) is 0.